The lowest BCUT2D eigenvalue weighted by atomic mass is 10.0. The van der Waals surface area contributed by atoms with Gasteiger partial charge >= 0.3 is 11.9 Å². The van der Waals surface area contributed by atoms with E-state index in [9.17, 15) is 9.59 Å². The molecule has 0 aliphatic rings. The first-order valence-corrected chi connectivity index (χ1v) is 11.1. The second-order valence-corrected chi connectivity index (χ2v) is 7.31. The number of unbranched alkanes of at least 4 members (excludes halogenated alkanes) is 9. The van der Waals surface area contributed by atoms with E-state index in [1.165, 1.54) is 38.5 Å². The Labute approximate surface area is 167 Å². The molecule has 0 saturated carbocycles. The van der Waals surface area contributed by atoms with E-state index >= 15 is 0 Å². The van der Waals surface area contributed by atoms with E-state index in [1.807, 2.05) is 0 Å². The Morgan fingerprint density at radius 3 is 1.56 bits per heavy atom. The third kappa shape index (κ3) is 13.5. The van der Waals surface area contributed by atoms with Gasteiger partial charge in [-0.15, -0.1) is 0 Å². The van der Waals surface area contributed by atoms with Gasteiger partial charge < -0.3 is 9.47 Å². The number of hydrogen-bond acceptors (Lipinski definition) is 4. The lowest BCUT2D eigenvalue weighted by molar-refractivity contribution is -0.142. The summed E-state index contributed by atoms with van der Waals surface area (Å²) in [6.07, 6.45) is 13.8. The third-order valence-corrected chi connectivity index (χ3v) is 4.75. The Kier molecular flexibility index (Phi) is 17.2. The molecule has 0 aromatic carbocycles. The predicted molar refractivity (Wildman–Crippen MR) is 112 cm³/mol. The number of ether oxygens (including phenoxy) is 2. The summed E-state index contributed by atoms with van der Waals surface area (Å²) in [4.78, 5) is 24.7. The SMILES string of the molecule is CCCCCCCCCC/C(C(=O)OCCCC)=C(\C)C(=O)OCCCC. The van der Waals surface area contributed by atoms with Crippen LogP contribution in [0.4, 0.5) is 0 Å². The molecular weight excluding hydrogens is 340 g/mol. The minimum Gasteiger partial charge on any atom is -0.462 e. The van der Waals surface area contributed by atoms with Crippen LogP contribution >= 0.6 is 0 Å². The van der Waals surface area contributed by atoms with Gasteiger partial charge in [-0.05, 0) is 32.6 Å². The molecule has 0 N–H and O–H groups in total. The van der Waals surface area contributed by atoms with Crippen molar-refractivity contribution in [1.82, 2.24) is 0 Å². The molecule has 0 rings (SSSR count). The van der Waals surface area contributed by atoms with Crippen LogP contribution in [0.15, 0.2) is 11.1 Å². The van der Waals surface area contributed by atoms with Gasteiger partial charge in [0.15, 0.2) is 0 Å². The van der Waals surface area contributed by atoms with Crippen molar-refractivity contribution in [2.24, 2.45) is 0 Å². The van der Waals surface area contributed by atoms with E-state index in [2.05, 4.69) is 20.8 Å². The van der Waals surface area contributed by atoms with Crippen molar-refractivity contribution in [2.75, 3.05) is 13.2 Å². The van der Waals surface area contributed by atoms with Gasteiger partial charge in [0, 0.05) is 11.1 Å². The fraction of sp³-hybridized carbons (Fsp3) is 0.826. The average molecular weight is 383 g/mol. The Hall–Kier alpha value is -1.32. The Balaban J connectivity index is 4.57. The summed E-state index contributed by atoms with van der Waals surface area (Å²) in [7, 11) is 0. The topological polar surface area (TPSA) is 52.6 Å². The molecule has 0 aromatic heterocycles. The molecule has 0 unspecified atom stereocenters. The molecule has 0 spiro atoms. The van der Waals surface area contributed by atoms with E-state index in [4.69, 9.17) is 9.47 Å². The van der Waals surface area contributed by atoms with Crippen LogP contribution in [0.3, 0.4) is 0 Å². The van der Waals surface area contributed by atoms with Crippen molar-refractivity contribution in [2.45, 2.75) is 111 Å². The molecule has 27 heavy (non-hydrogen) atoms. The molecule has 0 aliphatic carbocycles. The van der Waals surface area contributed by atoms with Gasteiger partial charge in [-0.25, -0.2) is 9.59 Å². The first-order chi connectivity index (χ1) is 13.1. The summed E-state index contributed by atoms with van der Waals surface area (Å²) in [6.45, 7) is 8.84. The normalized spacial score (nSPS) is 11.9. The molecule has 4 heteroatoms. The van der Waals surface area contributed by atoms with Crippen LogP contribution in [0.5, 0.6) is 0 Å². The number of carbonyl (C=O) groups is 2. The smallest absolute Gasteiger partial charge is 0.334 e. The first-order valence-electron chi connectivity index (χ1n) is 11.1. The molecule has 0 atom stereocenters. The van der Waals surface area contributed by atoms with E-state index in [-0.39, 0.29) is 11.9 Å². The largest absolute Gasteiger partial charge is 0.462 e. The van der Waals surface area contributed by atoms with Crippen LogP contribution in [0.2, 0.25) is 0 Å². The second kappa shape index (κ2) is 18.1. The molecule has 0 saturated heterocycles. The fourth-order valence-corrected chi connectivity index (χ4v) is 2.82. The third-order valence-electron chi connectivity index (χ3n) is 4.75. The van der Waals surface area contributed by atoms with Crippen LogP contribution < -0.4 is 0 Å². The summed E-state index contributed by atoms with van der Waals surface area (Å²) in [5.74, 6) is -0.734. The molecule has 0 bridgehead atoms. The van der Waals surface area contributed by atoms with E-state index in [0.29, 0.717) is 30.8 Å². The molecule has 158 valence electrons. The minimum atomic E-state index is -0.384. The van der Waals surface area contributed by atoms with E-state index in [1.54, 1.807) is 6.92 Å². The molecule has 0 aromatic rings. The van der Waals surface area contributed by atoms with Crippen molar-refractivity contribution in [1.29, 1.82) is 0 Å². The lowest BCUT2D eigenvalue weighted by Crippen LogP contribution is -2.16. The molecule has 0 aliphatic heterocycles. The van der Waals surface area contributed by atoms with Crippen LogP contribution in [0.25, 0.3) is 0 Å². The number of hydrogen-bond donors (Lipinski definition) is 0. The van der Waals surface area contributed by atoms with Crippen molar-refractivity contribution < 1.29 is 19.1 Å². The van der Waals surface area contributed by atoms with E-state index < -0.39 is 0 Å². The maximum atomic E-state index is 12.4. The monoisotopic (exact) mass is 382 g/mol. The maximum absolute atomic E-state index is 12.4. The Morgan fingerprint density at radius 1 is 0.593 bits per heavy atom. The highest BCUT2D eigenvalue weighted by atomic mass is 16.5. The molecule has 0 amide bonds. The molecular formula is C23H42O4. The highest BCUT2D eigenvalue weighted by Gasteiger charge is 2.19. The summed E-state index contributed by atoms with van der Waals surface area (Å²) in [5, 5.41) is 0. The summed E-state index contributed by atoms with van der Waals surface area (Å²) in [5.41, 5.74) is 0.911. The average Bonchev–Trinajstić information content (AvgIpc) is 2.66. The van der Waals surface area contributed by atoms with Crippen molar-refractivity contribution in [3.05, 3.63) is 11.1 Å². The number of esters is 2. The van der Waals surface area contributed by atoms with Gasteiger partial charge in [0.2, 0.25) is 0 Å². The molecule has 4 nitrogen and oxygen atoms in total. The highest BCUT2D eigenvalue weighted by Crippen LogP contribution is 2.18. The van der Waals surface area contributed by atoms with E-state index in [0.717, 1.165) is 38.5 Å². The zero-order chi connectivity index (χ0) is 20.3. The van der Waals surface area contributed by atoms with Crippen molar-refractivity contribution in [3.8, 4) is 0 Å². The quantitative estimate of drug-likeness (QED) is 0.163. The van der Waals surface area contributed by atoms with Gasteiger partial charge in [0.1, 0.15) is 0 Å². The van der Waals surface area contributed by atoms with Gasteiger partial charge in [-0.3, -0.25) is 0 Å². The Bertz CT molecular complexity index is 426. The first kappa shape index (κ1) is 25.7. The van der Waals surface area contributed by atoms with Crippen LogP contribution in [0.1, 0.15) is 111 Å². The predicted octanol–water partition coefficient (Wildman–Crippen LogP) is 6.52. The maximum Gasteiger partial charge on any atom is 0.334 e. The van der Waals surface area contributed by atoms with Crippen LogP contribution in [-0.4, -0.2) is 25.2 Å². The highest BCUT2D eigenvalue weighted by molar-refractivity contribution is 5.99. The minimum absolute atomic E-state index is 0.351. The van der Waals surface area contributed by atoms with Gasteiger partial charge in [-0.2, -0.15) is 0 Å². The molecule has 0 radical (unpaired) electrons. The zero-order valence-electron chi connectivity index (χ0n) is 18.2. The summed E-state index contributed by atoms with van der Waals surface area (Å²) in [6, 6.07) is 0. The van der Waals surface area contributed by atoms with Gasteiger partial charge in [0.25, 0.3) is 0 Å². The van der Waals surface area contributed by atoms with Crippen molar-refractivity contribution in [3.63, 3.8) is 0 Å². The standard InChI is InChI=1S/C23H42O4/c1-5-8-11-12-13-14-15-16-17-21(23(25)27-19-10-7-3)20(4)22(24)26-18-9-6-2/h5-19H2,1-4H3/b21-20-. The number of carbonyl (C=O) groups excluding carboxylic acids is 2. The number of rotatable bonds is 17. The Morgan fingerprint density at radius 2 is 1.04 bits per heavy atom. The fourth-order valence-electron chi connectivity index (χ4n) is 2.82. The molecule has 0 fully saturated rings. The van der Waals surface area contributed by atoms with Gasteiger partial charge in [0.05, 0.1) is 13.2 Å². The van der Waals surface area contributed by atoms with Crippen molar-refractivity contribution >= 4 is 11.9 Å². The zero-order valence-corrected chi connectivity index (χ0v) is 18.2. The lowest BCUT2D eigenvalue weighted by Gasteiger charge is -2.12. The van der Waals surface area contributed by atoms with Crippen LogP contribution in [-0.2, 0) is 19.1 Å². The van der Waals surface area contributed by atoms with Gasteiger partial charge in [-0.1, -0.05) is 78.6 Å². The molecule has 0 heterocycles. The van der Waals surface area contributed by atoms with Crippen LogP contribution in [0, 0.1) is 0 Å². The summed E-state index contributed by atoms with van der Waals surface area (Å²) < 4.78 is 10.6. The second-order valence-electron chi connectivity index (χ2n) is 7.31. The summed E-state index contributed by atoms with van der Waals surface area (Å²) >= 11 is 0.